The van der Waals surface area contributed by atoms with Crippen molar-refractivity contribution >= 4 is 17.7 Å². The summed E-state index contributed by atoms with van der Waals surface area (Å²) in [4.78, 5) is 22.5. The van der Waals surface area contributed by atoms with Crippen molar-refractivity contribution in [2.75, 3.05) is 18.9 Å². The van der Waals surface area contributed by atoms with Gasteiger partial charge in [0.2, 0.25) is 0 Å². The van der Waals surface area contributed by atoms with Crippen LogP contribution in [0.5, 0.6) is 0 Å². The van der Waals surface area contributed by atoms with Gasteiger partial charge in [0.25, 0.3) is 0 Å². The van der Waals surface area contributed by atoms with Gasteiger partial charge in [0.05, 0.1) is 5.69 Å². The largest absolute Gasteiger partial charge is 0.480 e. The van der Waals surface area contributed by atoms with Gasteiger partial charge < -0.3 is 15.3 Å². The molecule has 1 rings (SSSR count). The molecule has 92 valence electrons. The minimum Gasteiger partial charge on any atom is -0.480 e. The Hall–Kier alpha value is -2.18. The highest BCUT2D eigenvalue weighted by molar-refractivity contribution is 5.91. The van der Waals surface area contributed by atoms with Crippen LogP contribution in [0.4, 0.5) is 19.3 Å². The molecule has 0 atom stereocenters. The average Bonchev–Trinajstić information content (AvgIpc) is 2.22. The molecule has 1 aromatic carbocycles. The Bertz CT molecular complexity index is 451. The first-order valence-electron chi connectivity index (χ1n) is 4.59. The lowest BCUT2D eigenvalue weighted by Crippen LogP contribution is -2.35. The number of aliphatic carboxylic acids is 1. The van der Waals surface area contributed by atoms with E-state index < -0.39 is 30.2 Å². The van der Waals surface area contributed by atoms with Gasteiger partial charge in [0, 0.05) is 13.1 Å². The fraction of sp³-hybridized carbons (Fsp3) is 0.200. The van der Waals surface area contributed by atoms with E-state index in [0.717, 1.165) is 23.1 Å². The van der Waals surface area contributed by atoms with Crippen molar-refractivity contribution in [3.63, 3.8) is 0 Å². The van der Waals surface area contributed by atoms with Crippen LogP contribution in [0.2, 0.25) is 0 Å². The van der Waals surface area contributed by atoms with Gasteiger partial charge in [-0.05, 0) is 12.1 Å². The second-order valence-electron chi connectivity index (χ2n) is 3.30. The number of carboxylic acid groups (broad SMARTS) is 1. The quantitative estimate of drug-likeness (QED) is 0.846. The second-order valence-corrected chi connectivity index (χ2v) is 3.30. The number of hydrogen-bond acceptors (Lipinski definition) is 2. The van der Waals surface area contributed by atoms with E-state index in [9.17, 15) is 18.4 Å². The molecular weight excluding hydrogens is 234 g/mol. The van der Waals surface area contributed by atoms with Crippen LogP contribution in [-0.4, -0.2) is 35.6 Å². The van der Waals surface area contributed by atoms with Crippen molar-refractivity contribution in [3.8, 4) is 0 Å². The van der Waals surface area contributed by atoms with E-state index in [1.807, 2.05) is 0 Å². The molecule has 0 radical (unpaired) electrons. The molecule has 5 nitrogen and oxygen atoms in total. The highest BCUT2D eigenvalue weighted by Gasteiger charge is 2.14. The maximum Gasteiger partial charge on any atom is 0.323 e. The number of amides is 2. The highest BCUT2D eigenvalue weighted by atomic mass is 19.1. The zero-order chi connectivity index (χ0) is 13.0. The molecular formula is C10H10F2N2O3. The van der Waals surface area contributed by atoms with Crippen LogP contribution in [0, 0.1) is 11.6 Å². The molecule has 17 heavy (non-hydrogen) atoms. The Morgan fingerprint density at radius 2 is 2.06 bits per heavy atom. The van der Waals surface area contributed by atoms with E-state index in [2.05, 4.69) is 5.32 Å². The zero-order valence-corrected chi connectivity index (χ0v) is 8.91. The molecule has 0 aliphatic carbocycles. The first kappa shape index (κ1) is 12.9. The van der Waals surface area contributed by atoms with E-state index in [1.165, 1.54) is 7.05 Å². The number of nitrogens with one attached hydrogen (secondary N) is 1. The SMILES string of the molecule is CN(CC(=O)O)C(=O)Nc1cc(F)ccc1F. The summed E-state index contributed by atoms with van der Waals surface area (Å²) in [5.41, 5.74) is -0.341. The summed E-state index contributed by atoms with van der Waals surface area (Å²) in [6, 6.07) is 1.74. The maximum atomic E-state index is 13.1. The fourth-order valence-corrected chi connectivity index (χ4v) is 1.08. The molecule has 0 aliphatic heterocycles. The smallest absolute Gasteiger partial charge is 0.323 e. The molecule has 7 heteroatoms. The molecule has 0 aromatic heterocycles. The summed E-state index contributed by atoms with van der Waals surface area (Å²) in [5, 5.41) is 10.5. The van der Waals surface area contributed by atoms with Crippen molar-refractivity contribution in [3.05, 3.63) is 29.8 Å². The van der Waals surface area contributed by atoms with E-state index in [0.29, 0.717) is 0 Å². The molecule has 0 fully saturated rings. The number of benzene rings is 1. The fourth-order valence-electron chi connectivity index (χ4n) is 1.08. The van der Waals surface area contributed by atoms with Gasteiger partial charge in [0.1, 0.15) is 18.2 Å². The van der Waals surface area contributed by atoms with Gasteiger partial charge >= 0.3 is 12.0 Å². The van der Waals surface area contributed by atoms with E-state index in [1.54, 1.807) is 0 Å². The lowest BCUT2D eigenvalue weighted by atomic mass is 10.3. The monoisotopic (exact) mass is 244 g/mol. The highest BCUT2D eigenvalue weighted by Crippen LogP contribution is 2.15. The van der Waals surface area contributed by atoms with Crippen molar-refractivity contribution in [1.29, 1.82) is 0 Å². The van der Waals surface area contributed by atoms with Crippen molar-refractivity contribution in [2.24, 2.45) is 0 Å². The predicted octanol–water partition coefficient (Wildman–Crippen LogP) is 1.51. The minimum absolute atomic E-state index is 0.341. The molecule has 0 heterocycles. The minimum atomic E-state index is -1.21. The maximum absolute atomic E-state index is 13.1. The molecule has 0 saturated carbocycles. The Labute approximate surface area is 95.6 Å². The van der Waals surface area contributed by atoms with Gasteiger partial charge in [0.15, 0.2) is 0 Å². The first-order valence-corrected chi connectivity index (χ1v) is 4.59. The molecule has 0 aliphatic rings. The van der Waals surface area contributed by atoms with Crippen LogP contribution in [-0.2, 0) is 4.79 Å². The van der Waals surface area contributed by atoms with E-state index >= 15 is 0 Å². The molecule has 0 saturated heterocycles. The molecule has 1 aromatic rings. The van der Waals surface area contributed by atoms with Gasteiger partial charge in [-0.3, -0.25) is 4.79 Å². The summed E-state index contributed by atoms with van der Waals surface area (Å²) in [5.74, 6) is -2.71. The van der Waals surface area contributed by atoms with Crippen LogP contribution in [0.1, 0.15) is 0 Å². The average molecular weight is 244 g/mol. The topological polar surface area (TPSA) is 69.6 Å². The first-order chi connectivity index (χ1) is 7.90. The normalized spacial score (nSPS) is 9.82. The zero-order valence-electron chi connectivity index (χ0n) is 8.91. The van der Waals surface area contributed by atoms with Crippen LogP contribution in [0.25, 0.3) is 0 Å². The summed E-state index contributed by atoms with van der Waals surface area (Å²) in [7, 11) is 1.22. The number of nitrogens with zero attached hydrogens (tertiary/aromatic N) is 1. The number of halogens is 2. The number of likely N-dealkylation sites (N-methyl/N-ethyl adjacent to an activating group) is 1. The number of carbonyl (C=O) groups is 2. The third kappa shape index (κ3) is 3.71. The van der Waals surface area contributed by atoms with Crippen LogP contribution in [0.15, 0.2) is 18.2 Å². The Balaban J connectivity index is 2.73. The Morgan fingerprint density at radius 1 is 1.41 bits per heavy atom. The number of urea groups is 1. The molecule has 2 N–H and O–H groups in total. The molecule has 2 amide bonds. The van der Waals surface area contributed by atoms with Crippen LogP contribution >= 0.6 is 0 Å². The van der Waals surface area contributed by atoms with Gasteiger partial charge in [-0.2, -0.15) is 0 Å². The van der Waals surface area contributed by atoms with Crippen molar-refractivity contribution in [1.82, 2.24) is 4.90 Å². The lowest BCUT2D eigenvalue weighted by Gasteiger charge is -2.15. The second kappa shape index (κ2) is 5.24. The summed E-state index contributed by atoms with van der Waals surface area (Å²) < 4.78 is 25.9. The number of carbonyl (C=O) groups excluding carboxylic acids is 1. The predicted molar refractivity (Wildman–Crippen MR) is 55.6 cm³/mol. The van der Waals surface area contributed by atoms with E-state index in [-0.39, 0.29) is 5.69 Å². The van der Waals surface area contributed by atoms with Gasteiger partial charge in [-0.15, -0.1) is 0 Å². The Kier molecular flexibility index (Phi) is 3.97. The summed E-state index contributed by atoms with van der Waals surface area (Å²) in [6.45, 7) is -0.539. The number of carboxylic acids is 1. The Morgan fingerprint density at radius 3 is 2.65 bits per heavy atom. The van der Waals surface area contributed by atoms with Gasteiger partial charge in [-0.1, -0.05) is 0 Å². The third-order valence-corrected chi connectivity index (χ3v) is 1.89. The van der Waals surface area contributed by atoms with E-state index in [4.69, 9.17) is 5.11 Å². The van der Waals surface area contributed by atoms with Crippen molar-refractivity contribution in [2.45, 2.75) is 0 Å². The van der Waals surface area contributed by atoms with Crippen LogP contribution < -0.4 is 5.32 Å². The van der Waals surface area contributed by atoms with Gasteiger partial charge in [-0.25, -0.2) is 13.6 Å². The third-order valence-electron chi connectivity index (χ3n) is 1.89. The summed E-state index contributed by atoms with van der Waals surface area (Å²) in [6.07, 6.45) is 0. The number of rotatable bonds is 3. The lowest BCUT2D eigenvalue weighted by molar-refractivity contribution is -0.137. The molecule has 0 bridgehead atoms. The molecule has 0 unspecified atom stereocenters. The number of anilines is 1. The molecule has 0 spiro atoms. The standard InChI is InChI=1S/C10H10F2N2O3/c1-14(5-9(15)16)10(17)13-8-4-6(11)2-3-7(8)12/h2-4H,5H2,1H3,(H,13,17)(H,15,16). The van der Waals surface area contributed by atoms with Crippen molar-refractivity contribution < 1.29 is 23.5 Å². The summed E-state index contributed by atoms with van der Waals surface area (Å²) >= 11 is 0. The van der Waals surface area contributed by atoms with Crippen LogP contribution in [0.3, 0.4) is 0 Å². The number of hydrogen-bond donors (Lipinski definition) is 2.